The van der Waals surface area contributed by atoms with Crippen molar-refractivity contribution in [1.82, 2.24) is 24.5 Å². The van der Waals surface area contributed by atoms with Crippen molar-refractivity contribution in [2.75, 3.05) is 11.9 Å². The molecule has 3 aromatic heterocycles. The molecule has 0 spiro atoms. The van der Waals surface area contributed by atoms with Crippen molar-refractivity contribution < 1.29 is 8.42 Å². The Balaban J connectivity index is 1.43. The lowest BCUT2D eigenvalue weighted by Crippen LogP contribution is -2.36. The smallest absolute Gasteiger partial charge is 0.246 e. The highest BCUT2D eigenvalue weighted by atomic mass is 32.2. The van der Waals surface area contributed by atoms with E-state index in [0.717, 1.165) is 33.5 Å². The van der Waals surface area contributed by atoms with Gasteiger partial charge < -0.3 is 5.32 Å². The molecule has 0 fully saturated rings. The first-order valence-corrected chi connectivity index (χ1v) is 10.6. The first kappa shape index (κ1) is 17.8. The molecule has 29 heavy (non-hydrogen) atoms. The number of hydrogen-bond donors (Lipinski definition) is 2. The van der Waals surface area contributed by atoms with Crippen LogP contribution >= 0.6 is 0 Å². The SMILES string of the molecule is O=S(=O)(c1cn[nH]c1)N1CCc2c(ccnc2Nc2cnc3ccccc3c2)C1. The van der Waals surface area contributed by atoms with Crippen LogP contribution < -0.4 is 5.32 Å². The summed E-state index contributed by atoms with van der Waals surface area (Å²) in [5, 5.41) is 10.7. The number of pyridine rings is 2. The number of rotatable bonds is 4. The van der Waals surface area contributed by atoms with Gasteiger partial charge in [0.1, 0.15) is 10.7 Å². The molecule has 2 N–H and O–H groups in total. The topological polar surface area (TPSA) is 104 Å². The molecule has 1 aliphatic rings. The number of H-pyrrole nitrogens is 1. The number of para-hydroxylation sites is 1. The molecule has 0 saturated carbocycles. The number of anilines is 2. The van der Waals surface area contributed by atoms with Crippen LogP contribution in [0.4, 0.5) is 11.5 Å². The van der Waals surface area contributed by atoms with E-state index in [-0.39, 0.29) is 4.90 Å². The molecule has 0 bridgehead atoms. The second kappa shape index (κ2) is 6.94. The van der Waals surface area contributed by atoms with Crippen LogP contribution in [0.15, 0.2) is 66.1 Å². The van der Waals surface area contributed by atoms with Crippen LogP contribution in [-0.2, 0) is 23.0 Å². The second-order valence-electron chi connectivity index (χ2n) is 6.86. The predicted octanol–water partition coefficient (Wildman–Crippen LogP) is 2.84. The molecule has 4 aromatic rings. The Hall–Kier alpha value is -3.30. The zero-order valence-corrected chi connectivity index (χ0v) is 16.2. The van der Waals surface area contributed by atoms with Gasteiger partial charge in [-0.25, -0.2) is 13.4 Å². The fourth-order valence-corrected chi connectivity index (χ4v) is 4.91. The van der Waals surface area contributed by atoms with E-state index in [1.807, 2.05) is 36.4 Å². The van der Waals surface area contributed by atoms with Gasteiger partial charge in [0.25, 0.3) is 0 Å². The predicted molar refractivity (Wildman–Crippen MR) is 109 cm³/mol. The normalized spacial score (nSPS) is 14.6. The van der Waals surface area contributed by atoms with Gasteiger partial charge in [-0.05, 0) is 30.2 Å². The van der Waals surface area contributed by atoms with Crippen LogP contribution in [0.25, 0.3) is 10.9 Å². The van der Waals surface area contributed by atoms with E-state index < -0.39 is 10.0 Å². The van der Waals surface area contributed by atoms with E-state index in [1.54, 1.807) is 12.4 Å². The van der Waals surface area contributed by atoms with Crippen molar-refractivity contribution in [3.05, 3.63) is 72.3 Å². The molecule has 5 rings (SSSR count). The first-order chi connectivity index (χ1) is 14.1. The number of fused-ring (bicyclic) bond motifs is 2. The number of nitrogens with zero attached hydrogens (tertiary/aromatic N) is 4. The summed E-state index contributed by atoms with van der Waals surface area (Å²) in [6.45, 7) is 0.687. The number of benzene rings is 1. The van der Waals surface area contributed by atoms with Crippen LogP contribution in [0.1, 0.15) is 11.1 Å². The highest BCUT2D eigenvalue weighted by Crippen LogP contribution is 2.30. The van der Waals surface area contributed by atoms with Gasteiger partial charge in [-0.3, -0.25) is 10.1 Å². The van der Waals surface area contributed by atoms with Gasteiger partial charge in [0, 0.05) is 36.4 Å². The van der Waals surface area contributed by atoms with E-state index in [2.05, 4.69) is 25.5 Å². The number of aromatic nitrogens is 4. The minimum Gasteiger partial charge on any atom is -0.339 e. The summed E-state index contributed by atoms with van der Waals surface area (Å²) in [4.78, 5) is 9.13. The Morgan fingerprint density at radius 3 is 2.86 bits per heavy atom. The Morgan fingerprint density at radius 1 is 1.10 bits per heavy atom. The summed E-state index contributed by atoms with van der Waals surface area (Å²) in [5.74, 6) is 0.736. The summed E-state index contributed by atoms with van der Waals surface area (Å²) >= 11 is 0. The minimum atomic E-state index is -3.57. The lowest BCUT2D eigenvalue weighted by atomic mass is 10.0. The van der Waals surface area contributed by atoms with Gasteiger partial charge in [-0.15, -0.1) is 0 Å². The molecule has 1 aliphatic heterocycles. The Bertz CT molecular complexity index is 1290. The summed E-state index contributed by atoms with van der Waals surface area (Å²) in [5.41, 5.74) is 3.74. The summed E-state index contributed by atoms with van der Waals surface area (Å²) < 4.78 is 27.0. The minimum absolute atomic E-state index is 0.176. The molecule has 0 amide bonds. The molecular weight excluding hydrogens is 388 g/mol. The summed E-state index contributed by atoms with van der Waals surface area (Å²) in [6, 6.07) is 11.8. The molecule has 1 aromatic carbocycles. The average molecular weight is 406 g/mol. The third kappa shape index (κ3) is 3.24. The molecule has 0 atom stereocenters. The van der Waals surface area contributed by atoms with Gasteiger partial charge >= 0.3 is 0 Å². The van der Waals surface area contributed by atoms with Crippen molar-refractivity contribution in [2.45, 2.75) is 17.9 Å². The average Bonchev–Trinajstić information content (AvgIpc) is 3.29. The maximum absolute atomic E-state index is 12.8. The third-order valence-corrected chi connectivity index (χ3v) is 6.89. The monoisotopic (exact) mass is 406 g/mol. The standard InChI is InChI=1S/C20H18N6O2S/c27-29(28,17-11-23-24-12-17)26-8-6-18-15(13-26)5-7-21-20(18)25-16-9-14-3-1-2-4-19(14)22-10-16/h1-5,7,9-12H,6,8,13H2,(H,21,25)(H,23,24). The summed E-state index contributed by atoms with van der Waals surface area (Å²) in [7, 11) is -3.57. The van der Waals surface area contributed by atoms with Crippen LogP contribution in [0, 0.1) is 0 Å². The molecule has 0 unspecified atom stereocenters. The van der Waals surface area contributed by atoms with E-state index in [9.17, 15) is 8.42 Å². The lowest BCUT2D eigenvalue weighted by Gasteiger charge is -2.28. The van der Waals surface area contributed by atoms with E-state index >= 15 is 0 Å². The highest BCUT2D eigenvalue weighted by molar-refractivity contribution is 7.89. The molecule has 8 nitrogen and oxygen atoms in total. The summed E-state index contributed by atoms with van der Waals surface area (Å²) in [6.07, 6.45) is 6.78. The first-order valence-electron chi connectivity index (χ1n) is 9.19. The van der Waals surface area contributed by atoms with Crippen LogP contribution in [0.3, 0.4) is 0 Å². The second-order valence-corrected chi connectivity index (χ2v) is 8.80. The number of sulfonamides is 1. The van der Waals surface area contributed by atoms with Crippen molar-refractivity contribution in [1.29, 1.82) is 0 Å². The van der Waals surface area contributed by atoms with Crippen molar-refractivity contribution in [3.8, 4) is 0 Å². The molecule has 0 aliphatic carbocycles. The van der Waals surface area contributed by atoms with Gasteiger partial charge in [-0.1, -0.05) is 18.2 Å². The van der Waals surface area contributed by atoms with Gasteiger partial charge in [0.05, 0.1) is 23.6 Å². The maximum atomic E-state index is 12.8. The van der Waals surface area contributed by atoms with Crippen molar-refractivity contribution in [2.24, 2.45) is 0 Å². The Kier molecular flexibility index (Phi) is 4.26. The molecular formula is C20H18N6O2S. The zero-order valence-electron chi connectivity index (χ0n) is 15.4. The van der Waals surface area contributed by atoms with E-state index in [1.165, 1.54) is 16.7 Å². The number of aromatic amines is 1. The third-order valence-electron chi connectivity index (χ3n) is 5.07. The number of nitrogens with one attached hydrogen (secondary N) is 2. The Morgan fingerprint density at radius 2 is 2.00 bits per heavy atom. The molecule has 4 heterocycles. The fourth-order valence-electron chi connectivity index (χ4n) is 3.58. The van der Waals surface area contributed by atoms with Crippen LogP contribution in [0.2, 0.25) is 0 Å². The molecule has 146 valence electrons. The largest absolute Gasteiger partial charge is 0.339 e. The van der Waals surface area contributed by atoms with Crippen molar-refractivity contribution >= 4 is 32.4 Å². The van der Waals surface area contributed by atoms with Gasteiger partial charge in [0.2, 0.25) is 10.0 Å². The van der Waals surface area contributed by atoms with Gasteiger partial charge in [-0.2, -0.15) is 9.40 Å². The zero-order chi connectivity index (χ0) is 19.8. The van der Waals surface area contributed by atoms with Crippen LogP contribution in [0.5, 0.6) is 0 Å². The number of hydrogen-bond acceptors (Lipinski definition) is 6. The van der Waals surface area contributed by atoms with Crippen LogP contribution in [-0.4, -0.2) is 39.4 Å². The van der Waals surface area contributed by atoms with Crippen molar-refractivity contribution in [3.63, 3.8) is 0 Å². The molecule has 9 heteroatoms. The maximum Gasteiger partial charge on any atom is 0.246 e. The highest BCUT2D eigenvalue weighted by Gasteiger charge is 2.30. The molecule has 0 radical (unpaired) electrons. The lowest BCUT2D eigenvalue weighted by molar-refractivity contribution is 0.391. The van der Waals surface area contributed by atoms with Gasteiger partial charge in [0.15, 0.2) is 0 Å². The quantitative estimate of drug-likeness (QED) is 0.540. The van der Waals surface area contributed by atoms with E-state index in [0.29, 0.717) is 19.5 Å². The van der Waals surface area contributed by atoms with E-state index in [4.69, 9.17) is 0 Å². The Labute approximate surface area is 167 Å². The molecule has 0 saturated heterocycles. The fraction of sp³-hybridized carbons (Fsp3) is 0.150.